The maximum absolute atomic E-state index is 14.1. The molecule has 1 atom stereocenters. The number of anilines is 1. The fourth-order valence-corrected chi connectivity index (χ4v) is 3.83. The Labute approximate surface area is 163 Å². The molecule has 1 fully saturated rings. The van der Waals surface area contributed by atoms with Crippen LogP contribution in [0, 0.1) is 5.82 Å². The molecule has 2 aliphatic heterocycles. The van der Waals surface area contributed by atoms with E-state index in [0.717, 1.165) is 24.3 Å². The smallest absolute Gasteiger partial charge is 0.332 e. The number of hydrogen-bond donors (Lipinski definition) is 1. The second-order valence-corrected chi connectivity index (χ2v) is 7.05. The summed E-state index contributed by atoms with van der Waals surface area (Å²) in [6, 6.07) is 7.71. The molecule has 4 rings (SSSR count). The fourth-order valence-electron chi connectivity index (χ4n) is 3.83. The topological polar surface area (TPSA) is 52.7 Å². The van der Waals surface area contributed by atoms with Crippen LogP contribution in [0.2, 0.25) is 0 Å². The molecule has 2 aromatic carbocycles. The summed E-state index contributed by atoms with van der Waals surface area (Å²) in [5, 5.41) is 2.52. The number of halogens is 4. The minimum absolute atomic E-state index is 0.145. The van der Waals surface area contributed by atoms with Gasteiger partial charge in [0.1, 0.15) is 12.4 Å². The predicted molar refractivity (Wildman–Crippen MR) is 96.6 cm³/mol. The normalized spacial score (nSPS) is 18.9. The highest BCUT2D eigenvalue weighted by molar-refractivity contribution is 5.93. The summed E-state index contributed by atoms with van der Waals surface area (Å²) in [6.45, 7) is 0.411. The highest BCUT2D eigenvalue weighted by Gasteiger charge is 2.39. The second-order valence-electron chi connectivity index (χ2n) is 7.05. The summed E-state index contributed by atoms with van der Waals surface area (Å²) in [6.07, 6.45) is -4.04. The van der Waals surface area contributed by atoms with Crippen molar-refractivity contribution in [2.75, 3.05) is 25.0 Å². The Morgan fingerprint density at radius 3 is 2.52 bits per heavy atom. The first-order chi connectivity index (χ1) is 13.7. The van der Waals surface area contributed by atoms with Crippen LogP contribution in [0.4, 0.5) is 28.0 Å². The van der Waals surface area contributed by atoms with Gasteiger partial charge in [0.15, 0.2) is 0 Å². The van der Waals surface area contributed by atoms with Gasteiger partial charge in [0.05, 0.1) is 11.6 Å². The minimum Gasteiger partial charge on any atom is -0.332 e. The van der Waals surface area contributed by atoms with Gasteiger partial charge in [-0.25, -0.2) is 9.18 Å². The Balaban J connectivity index is 1.51. The standard InChI is InChI=1S/C20H17F4N3O2/c21-16-3-1-2-15-14(16)8-9-27-17(15)10-26(11-18(27)28)19(29)25-13-6-4-12(5-7-13)20(22,23)24/h1-7,17H,8-11H2,(H,25,29). The van der Waals surface area contributed by atoms with Gasteiger partial charge >= 0.3 is 12.2 Å². The van der Waals surface area contributed by atoms with Gasteiger partial charge in [-0.15, -0.1) is 0 Å². The lowest BCUT2D eigenvalue weighted by Gasteiger charge is -2.44. The first-order valence-corrected chi connectivity index (χ1v) is 9.04. The Bertz CT molecular complexity index is 959. The zero-order chi connectivity index (χ0) is 20.8. The fraction of sp³-hybridized carbons (Fsp3) is 0.300. The largest absolute Gasteiger partial charge is 0.416 e. The lowest BCUT2D eigenvalue weighted by atomic mass is 9.90. The van der Waals surface area contributed by atoms with Crippen LogP contribution in [-0.2, 0) is 17.4 Å². The average molecular weight is 407 g/mol. The summed E-state index contributed by atoms with van der Waals surface area (Å²) in [7, 11) is 0. The first kappa shape index (κ1) is 19.2. The monoisotopic (exact) mass is 407 g/mol. The van der Waals surface area contributed by atoms with Crippen LogP contribution >= 0.6 is 0 Å². The van der Waals surface area contributed by atoms with Crippen molar-refractivity contribution >= 4 is 17.6 Å². The molecule has 0 aliphatic carbocycles. The van der Waals surface area contributed by atoms with E-state index in [1.54, 1.807) is 17.0 Å². The predicted octanol–water partition coefficient (Wildman–Crippen LogP) is 3.82. The van der Waals surface area contributed by atoms with Crippen LogP contribution in [0.1, 0.15) is 22.7 Å². The summed E-state index contributed by atoms with van der Waals surface area (Å²) in [5.41, 5.74) is 0.594. The lowest BCUT2D eigenvalue weighted by Crippen LogP contribution is -2.56. The molecule has 9 heteroatoms. The summed E-state index contributed by atoms with van der Waals surface area (Å²) >= 11 is 0. The molecule has 0 bridgehead atoms. The van der Waals surface area contributed by atoms with E-state index >= 15 is 0 Å². The molecule has 3 amide bonds. The molecule has 0 saturated carbocycles. The number of nitrogens with one attached hydrogen (secondary N) is 1. The molecule has 0 spiro atoms. The molecular formula is C20H17F4N3O2. The zero-order valence-corrected chi connectivity index (χ0v) is 15.2. The summed E-state index contributed by atoms with van der Waals surface area (Å²) in [4.78, 5) is 28.1. The SMILES string of the molecule is O=C(Nc1ccc(C(F)(F)F)cc1)N1CC(=O)N2CCc3c(F)cccc3C2C1. The van der Waals surface area contributed by atoms with Crippen LogP contribution < -0.4 is 5.32 Å². The molecule has 1 saturated heterocycles. The van der Waals surface area contributed by atoms with Crippen molar-refractivity contribution in [2.45, 2.75) is 18.6 Å². The number of alkyl halides is 3. The van der Waals surface area contributed by atoms with E-state index in [0.29, 0.717) is 24.1 Å². The molecule has 5 nitrogen and oxygen atoms in total. The van der Waals surface area contributed by atoms with Gasteiger partial charge in [-0.1, -0.05) is 12.1 Å². The molecule has 1 N–H and O–H groups in total. The van der Waals surface area contributed by atoms with E-state index in [-0.39, 0.29) is 30.5 Å². The Morgan fingerprint density at radius 1 is 1.10 bits per heavy atom. The summed E-state index contributed by atoms with van der Waals surface area (Å²) in [5.74, 6) is -0.584. The van der Waals surface area contributed by atoms with Gasteiger partial charge in [-0.3, -0.25) is 4.79 Å². The van der Waals surface area contributed by atoms with Crippen LogP contribution in [0.25, 0.3) is 0 Å². The van der Waals surface area contributed by atoms with Crippen molar-refractivity contribution in [3.05, 3.63) is 65.0 Å². The van der Waals surface area contributed by atoms with Crippen LogP contribution in [0.15, 0.2) is 42.5 Å². The third-order valence-corrected chi connectivity index (χ3v) is 5.28. The minimum atomic E-state index is -4.46. The summed E-state index contributed by atoms with van der Waals surface area (Å²) < 4.78 is 52.1. The molecule has 2 aliphatic rings. The van der Waals surface area contributed by atoms with E-state index in [1.165, 1.54) is 11.0 Å². The van der Waals surface area contributed by atoms with E-state index < -0.39 is 23.8 Å². The van der Waals surface area contributed by atoms with E-state index in [1.807, 2.05) is 0 Å². The molecule has 152 valence electrons. The van der Waals surface area contributed by atoms with E-state index in [4.69, 9.17) is 0 Å². The Hall–Kier alpha value is -3.10. The van der Waals surface area contributed by atoms with Crippen molar-refractivity contribution in [3.8, 4) is 0 Å². The number of piperazine rings is 1. The van der Waals surface area contributed by atoms with Gasteiger partial charge in [0, 0.05) is 18.8 Å². The van der Waals surface area contributed by atoms with Gasteiger partial charge < -0.3 is 15.1 Å². The number of hydrogen-bond acceptors (Lipinski definition) is 2. The molecule has 29 heavy (non-hydrogen) atoms. The van der Waals surface area contributed by atoms with Gasteiger partial charge in [-0.05, 0) is 47.9 Å². The highest BCUT2D eigenvalue weighted by atomic mass is 19.4. The van der Waals surface area contributed by atoms with Gasteiger partial charge in [0.25, 0.3) is 0 Å². The van der Waals surface area contributed by atoms with Crippen LogP contribution in [0.3, 0.4) is 0 Å². The first-order valence-electron chi connectivity index (χ1n) is 9.04. The van der Waals surface area contributed by atoms with Crippen LogP contribution in [0.5, 0.6) is 0 Å². The van der Waals surface area contributed by atoms with Crippen molar-refractivity contribution in [1.82, 2.24) is 9.80 Å². The van der Waals surface area contributed by atoms with Crippen molar-refractivity contribution in [2.24, 2.45) is 0 Å². The number of benzene rings is 2. The zero-order valence-electron chi connectivity index (χ0n) is 15.2. The van der Waals surface area contributed by atoms with E-state index in [9.17, 15) is 27.2 Å². The molecule has 2 heterocycles. The number of urea groups is 1. The van der Waals surface area contributed by atoms with Crippen molar-refractivity contribution in [1.29, 1.82) is 0 Å². The molecule has 1 unspecified atom stereocenters. The third-order valence-electron chi connectivity index (χ3n) is 5.28. The van der Waals surface area contributed by atoms with Crippen LogP contribution in [-0.4, -0.2) is 41.4 Å². The number of amides is 3. The Kier molecular flexibility index (Phi) is 4.68. The van der Waals surface area contributed by atoms with Crippen molar-refractivity contribution in [3.63, 3.8) is 0 Å². The van der Waals surface area contributed by atoms with Gasteiger partial charge in [-0.2, -0.15) is 13.2 Å². The lowest BCUT2D eigenvalue weighted by molar-refractivity contribution is -0.139. The Morgan fingerprint density at radius 2 is 1.83 bits per heavy atom. The molecule has 2 aromatic rings. The quantitative estimate of drug-likeness (QED) is 0.731. The maximum Gasteiger partial charge on any atom is 0.416 e. The molecular weight excluding hydrogens is 390 g/mol. The number of carbonyl (C=O) groups is 2. The number of carbonyl (C=O) groups excluding carboxylic acids is 2. The number of fused-ring (bicyclic) bond motifs is 3. The van der Waals surface area contributed by atoms with Crippen molar-refractivity contribution < 1.29 is 27.2 Å². The maximum atomic E-state index is 14.1. The number of nitrogens with zero attached hydrogens (tertiary/aromatic N) is 2. The average Bonchev–Trinajstić information content (AvgIpc) is 2.68. The second kappa shape index (κ2) is 7.06. The highest BCUT2D eigenvalue weighted by Crippen LogP contribution is 2.34. The molecule has 0 radical (unpaired) electrons. The molecule has 0 aromatic heterocycles. The number of rotatable bonds is 1. The van der Waals surface area contributed by atoms with E-state index in [2.05, 4.69) is 5.32 Å². The third kappa shape index (κ3) is 3.64. The van der Waals surface area contributed by atoms with Gasteiger partial charge in [0.2, 0.25) is 5.91 Å².